The van der Waals surface area contributed by atoms with Gasteiger partial charge < -0.3 is 15.1 Å². The molecule has 0 unspecified atom stereocenters. The summed E-state index contributed by atoms with van der Waals surface area (Å²) in [5.41, 5.74) is 2.42. The Morgan fingerprint density at radius 2 is 1.92 bits per heavy atom. The van der Waals surface area contributed by atoms with Crippen molar-refractivity contribution in [1.82, 2.24) is 15.1 Å². The molecule has 1 aromatic rings. The van der Waals surface area contributed by atoms with Gasteiger partial charge in [-0.2, -0.15) is 0 Å². The highest BCUT2D eigenvalue weighted by Gasteiger charge is 2.43. The summed E-state index contributed by atoms with van der Waals surface area (Å²) in [7, 11) is 3.54. The standard InChI is InChI=1S/C20H30N4O.HI/c1-4-21-19(24-13-12-20(15-24)10-5-11-20)22-14-16-6-8-17(9-7-16)18(25)23(2)3;/h6-9H,4-5,10-15H2,1-3H3,(H,21,22);1H. The number of hydrogen-bond donors (Lipinski definition) is 1. The van der Waals surface area contributed by atoms with E-state index in [0.717, 1.165) is 36.7 Å². The van der Waals surface area contributed by atoms with Gasteiger partial charge in [0, 0.05) is 39.3 Å². The zero-order valence-corrected chi connectivity index (χ0v) is 18.5. The Kier molecular flexibility index (Phi) is 7.32. The number of hydrogen-bond acceptors (Lipinski definition) is 2. The molecule has 26 heavy (non-hydrogen) atoms. The summed E-state index contributed by atoms with van der Waals surface area (Å²) in [5.74, 6) is 1.06. The summed E-state index contributed by atoms with van der Waals surface area (Å²) < 4.78 is 0. The minimum absolute atomic E-state index is 0. The van der Waals surface area contributed by atoms with Crippen LogP contribution in [0.15, 0.2) is 29.3 Å². The van der Waals surface area contributed by atoms with Crippen molar-refractivity contribution in [3.63, 3.8) is 0 Å². The maximum absolute atomic E-state index is 12.0. The van der Waals surface area contributed by atoms with Crippen LogP contribution in [0.25, 0.3) is 0 Å². The molecule has 1 heterocycles. The number of likely N-dealkylation sites (tertiary alicyclic amines) is 1. The third-order valence-electron chi connectivity index (χ3n) is 5.51. The van der Waals surface area contributed by atoms with Crippen molar-refractivity contribution in [2.24, 2.45) is 10.4 Å². The Morgan fingerprint density at radius 1 is 1.23 bits per heavy atom. The Bertz CT molecular complexity index is 638. The van der Waals surface area contributed by atoms with Gasteiger partial charge in [-0.15, -0.1) is 24.0 Å². The van der Waals surface area contributed by atoms with Gasteiger partial charge in [-0.25, -0.2) is 4.99 Å². The Hall–Kier alpha value is -1.31. The van der Waals surface area contributed by atoms with Crippen molar-refractivity contribution in [3.8, 4) is 0 Å². The van der Waals surface area contributed by atoms with Gasteiger partial charge >= 0.3 is 0 Å². The van der Waals surface area contributed by atoms with Crippen molar-refractivity contribution in [3.05, 3.63) is 35.4 Å². The Morgan fingerprint density at radius 3 is 2.42 bits per heavy atom. The summed E-state index contributed by atoms with van der Waals surface area (Å²) >= 11 is 0. The highest BCUT2D eigenvalue weighted by molar-refractivity contribution is 14.0. The van der Waals surface area contributed by atoms with Crippen molar-refractivity contribution < 1.29 is 4.79 Å². The lowest BCUT2D eigenvalue weighted by Gasteiger charge is -2.38. The third-order valence-corrected chi connectivity index (χ3v) is 5.51. The number of nitrogens with zero attached hydrogens (tertiary/aromatic N) is 3. The molecule has 0 atom stereocenters. The summed E-state index contributed by atoms with van der Waals surface area (Å²) in [6, 6.07) is 7.78. The van der Waals surface area contributed by atoms with Gasteiger partial charge in [0.05, 0.1) is 6.54 Å². The van der Waals surface area contributed by atoms with Gasteiger partial charge in [-0.1, -0.05) is 18.6 Å². The molecule has 1 saturated carbocycles. The first-order valence-electron chi connectivity index (χ1n) is 9.37. The number of rotatable bonds is 4. The van der Waals surface area contributed by atoms with E-state index in [4.69, 9.17) is 4.99 Å². The zero-order chi connectivity index (χ0) is 17.9. The van der Waals surface area contributed by atoms with E-state index >= 15 is 0 Å². The molecule has 2 fully saturated rings. The Balaban J connectivity index is 0.00000243. The molecule has 1 amide bonds. The van der Waals surface area contributed by atoms with E-state index in [0.29, 0.717) is 12.0 Å². The fourth-order valence-electron chi connectivity index (χ4n) is 3.80. The molecule has 0 aromatic heterocycles. The lowest BCUT2D eigenvalue weighted by molar-refractivity contribution is 0.0827. The van der Waals surface area contributed by atoms with E-state index < -0.39 is 0 Å². The normalized spacial score (nSPS) is 18.3. The zero-order valence-electron chi connectivity index (χ0n) is 16.1. The van der Waals surface area contributed by atoms with Gasteiger partial charge in [0.1, 0.15) is 0 Å². The smallest absolute Gasteiger partial charge is 0.253 e. The molecule has 1 aromatic carbocycles. The number of aliphatic imine (C=N–C) groups is 1. The summed E-state index contributed by atoms with van der Waals surface area (Å²) in [4.78, 5) is 20.8. The molecule has 144 valence electrons. The highest BCUT2D eigenvalue weighted by atomic mass is 127. The first-order valence-corrected chi connectivity index (χ1v) is 9.37. The van der Waals surface area contributed by atoms with Crippen LogP contribution < -0.4 is 5.32 Å². The molecule has 1 N–H and O–H groups in total. The van der Waals surface area contributed by atoms with E-state index in [1.54, 1.807) is 19.0 Å². The van der Waals surface area contributed by atoms with Crippen LogP contribution in [0, 0.1) is 5.41 Å². The highest BCUT2D eigenvalue weighted by Crippen LogP contribution is 2.47. The summed E-state index contributed by atoms with van der Waals surface area (Å²) in [6.45, 7) is 5.91. The van der Waals surface area contributed by atoms with Crippen LogP contribution in [-0.4, -0.2) is 55.4 Å². The fraction of sp³-hybridized carbons (Fsp3) is 0.600. The molecule has 6 heteroatoms. The number of amides is 1. The van der Waals surface area contributed by atoms with Crippen molar-refractivity contribution in [2.45, 2.75) is 39.2 Å². The van der Waals surface area contributed by atoms with Crippen molar-refractivity contribution in [1.29, 1.82) is 0 Å². The van der Waals surface area contributed by atoms with E-state index in [-0.39, 0.29) is 29.9 Å². The number of halogens is 1. The Labute approximate surface area is 174 Å². The molecular formula is C20H31IN4O. The van der Waals surface area contributed by atoms with Gasteiger partial charge in [-0.3, -0.25) is 4.79 Å². The largest absolute Gasteiger partial charge is 0.357 e. The lowest BCUT2D eigenvalue weighted by Crippen LogP contribution is -2.42. The van der Waals surface area contributed by atoms with Gasteiger partial charge in [-0.05, 0) is 49.3 Å². The maximum atomic E-state index is 12.0. The third kappa shape index (κ3) is 4.69. The molecule has 0 bridgehead atoms. The molecule has 1 spiro atoms. The fourth-order valence-corrected chi connectivity index (χ4v) is 3.80. The molecule has 5 nitrogen and oxygen atoms in total. The van der Waals surface area contributed by atoms with Crippen LogP contribution in [-0.2, 0) is 6.54 Å². The number of guanidine groups is 1. The van der Waals surface area contributed by atoms with E-state index in [1.807, 2.05) is 24.3 Å². The monoisotopic (exact) mass is 470 g/mol. The van der Waals surface area contributed by atoms with Crippen LogP contribution in [0.4, 0.5) is 0 Å². The summed E-state index contributed by atoms with van der Waals surface area (Å²) in [6.07, 6.45) is 5.45. The van der Waals surface area contributed by atoms with Crippen LogP contribution in [0.2, 0.25) is 0 Å². The average Bonchev–Trinajstić information content (AvgIpc) is 3.04. The predicted octanol–water partition coefficient (Wildman–Crippen LogP) is 3.35. The van der Waals surface area contributed by atoms with Crippen molar-refractivity contribution in [2.75, 3.05) is 33.7 Å². The molecule has 1 aliphatic carbocycles. The first-order chi connectivity index (χ1) is 12.0. The lowest BCUT2D eigenvalue weighted by atomic mass is 9.68. The first kappa shape index (κ1) is 21.0. The second-order valence-corrected chi connectivity index (χ2v) is 7.59. The number of benzene rings is 1. The number of carbonyl (C=O) groups is 1. The molecule has 1 saturated heterocycles. The topological polar surface area (TPSA) is 47.9 Å². The van der Waals surface area contributed by atoms with Crippen LogP contribution in [0.5, 0.6) is 0 Å². The maximum Gasteiger partial charge on any atom is 0.253 e. The quantitative estimate of drug-likeness (QED) is 0.417. The summed E-state index contributed by atoms with van der Waals surface area (Å²) in [5, 5.41) is 3.44. The van der Waals surface area contributed by atoms with Gasteiger partial charge in [0.15, 0.2) is 5.96 Å². The second kappa shape index (κ2) is 9.06. The molecule has 0 radical (unpaired) electrons. The molecule has 3 rings (SSSR count). The van der Waals surface area contributed by atoms with Crippen LogP contribution >= 0.6 is 24.0 Å². The van der Waals surface area contributed by atoms with E-state index in [1.165, 1.54) is 25.7 Å². The van der Waals surface area contributed by atoms with E-state index in [2.05, 4.69) is 17.1 Å². The van der Waals surface area contributed by atoms with E-state index in [9.17, 15) is 4.79 Å². The van der Waals surface area contributed by atoms with Gasteiger partial charge in [0.25, 0.3) is 5.91 Å². The number of nitrogens with one attached hydrogen (secondary N) is 1. The average molecular weight is 470 g/mol. The minimum Gasteiger partial charge on any atom is -0.357 e. The minimum atomic E-state index is 0. The molecular weight excluding hydrogens is 439 g/mol. The SMILES string of the molecule is CCNC(=NCc1ccc(C(=O)N(C)C)cc1)N1CCC2(CCC2)C1.I. The predicted molar refractivity (Wildman–Crippen MR) is 117 cm³/mol. The van der Waals surface area contributed by atoms with Gasteiger partial charge in [0.2, 0.25) is 0 Å². The van der Waals surface area contributed by atoms with Crippen LogP contribution in [0.3, 0.4) is 0 Å². The van der Waals surface area contributed by atoms with Crippen LogP contribution in [0.1, 0.15) is 48.5 Å². The molecule has 1 aliphatic heterocycles. The number of carbonyl (C=O) groups excluding carboxylic acids is 1. The second-order valence-electron chi connectivity index (χ2n) is 7.59. The molecule has 2 aliphatic rings. The van der Waals surface area contributed by atoms with Crippen molar-refractivity contribution >= 4 is 35.8 Å².